The topological polar surface area (TPSA) is 76.5 Å². The van der Waals surface area contributed by atoms with Gasteiger partial charge in [-0.1, -0.05) is 45.4 Å². The molecule has 0 aromatic carbocycles. The third-order valence-electron chi connectivity index (χ3n) is 7.13. The summed E-state index contributed by atoms with van der Waals surface area (Å²) in [6.45, 7) is 3.69. The minimum absolute atomic E-state index is 0.0454. The lowest BCUT2D eigenvalue weighted by molar-refractivity contribution is -0.131. The Hall–Kier alpha value is -1.59. The average Bonchev–Trinajstić information content (AvgIpc) is 3.25. The molecule has 158 valence electrons. The first-order valence-corrected chi connectivity index (χ1v) is 11.4. The summed E-state index contributed by atoms with van der Waals surface area (Å²) in [6, 6.07) is 0. The van der Waals surface area contributed by atoms with Crippen molar-refractivity contribution in [3.8, 4) is 0 Å². The largest absolute Gasteiger partial charge is 0.342 e. The van der Waals surface area contributed by atoms with Gasteiger partial charge in [0.2, 0.25) is 5.91 Å². The normalized spacial score (nSPS) is 28.9. The number of carbonyl (C=O) groups is 2. The summed E-state index contributed by atoms with van der Waals surface area (Å²) in [5.41, 5.74) is -0.642. The predicted octanol–water partition coefficient (Wildman–Crippen LogP) is 3.51. The van der Waals surface area contributed by atoms with Gasteiger partial charge >= 0.3 is 0 Å². The Morgan fingerprint density at radius 2 is 1.96 bits per heavy atom. The zero-order valence-corrected chi connectivity index (χ0v) is 17.8. The van der Waals surface area contributed by atoms with E-state index >= 15 is 0 Å². The van der Waals surface area contributed by atoms with Crippen LogP contribution in [0.15, 0.2) is 0 Å². The number of nitrogens with one attached hydrogen (secondary N) is 2. The Morgan fingerprint density at radius 3 is 2.61 bits per heavy atom. The summed E-state index contributed by atoms with van der Waals surface area (Å²) in [7, 11) is 1.70. The van der Waals surface area contributed by atoms with Crippen molar-refractivity contribution in [3.63, 3.8) is 0 Å². The Kier molecular flexibility index (Phi) is 7.00. The molecule has 0 spiro atoms. The summed E-state index contributed by atoms with van der Waals surface area (Å²) in [5, 5.41) is 11.4. The Labute approximate surface area is 169 Å². The minimum atomic E-state index is -0.642. The quantitative estimate of drug-likeness (QED) is 0.666. The fourth-order valence-electron chi connectivity index (χ4n) is 5.33. The van der Waals surface area contributed by atoms with Gasteiger partial charge in [-0.2, -0.15) is 0 Å². The molecule has 2 heterocycles. The maximum Gasteiger partial charge on any atom is 0.254 e. The lowest BCUT2D eigenvalue weighted by Gasteiger charge is -2.32. The standard InChI is InChI=1S/C22H38N4O2/c1-3-4-10-19(27)26-14-12-18(16-26)15-22(20(28)25(2)21(23)24-22)13-11-17-8-6-5-7-9-17/h17-18H,3-16H2,1-2H3,(H2,23,24)/t18-,22-/m0/s1. The van der Waals surface area contributed by atoms with Gasteiger partial charge in [-0.05, 0) is 43.9 Å². The van der Waals surface area contributed by atoms with Crippen molar-refractivity contribution in [2.45, 2.75) is 89.5 Å². The van der Waals surface area contributed by atoms with Gasteiger partial charge < -0.3 is 10.2 Å². The van der Waals surface area contributed by atoms with Crippen LogP contribution in [0.25, 0.3) is 0 Å². The van der Waals surface area contributed by atoms with Crippen LogP contribution in [-0.2, 0) is 9.59 Å². The van der Waals surface area contributed by atoms with Crippen molar-refractivity contribution in [1.29, 1.82) is 5.41 Å². The summed E-state index contributed by atoms with van der Waals surface area (Å²) in [4.78, 5) is 28.9. The molecule has 2 atom stereocenters. The van der Waals surface area contributed by atoms with Gasteiger partial charge in [0.05, 0.1) is 0 Å². The molecule has 0 radical (unpaired) electrons. The summed E-state index contributed by atoms with van der Waals surface area (Å²) in [5.74, 6) is 1.59. The summed E-state index contributed by atoms with van der Waals surface area (Å²) < 4.78 is 0. The average molecular weight is 391 g/mol. The number of hydrogen-bond acceptors (Lipinski definition) is 3. The molecule has 2 amide bonds. The van der Waals surface area contributed by atoms with E-state index in [0.29, 0.717) is 12.3 Å². The Morgan fingerprint density at radius 1 is 1.21 bits per heavy atom. The third kappa shape index (κ3) is 4.69. The molecule has 1 aliphatic carbocycles. The lowest BCUT2D eigenvalue weighted by atomic mass is 9.78. The van der Waals surface area contributed by atoms with Gasteiger partial charge in [0.15, 0.2) is 5.96 Å². The first-order valence-electron chi connectivity index (χ1n) is 11.4. The fraction of sp³-hybridized carbons (Fsp3) is 0.864. The molecular weight excluding hydrogens is 352 g/mol. The zero-order chi connectivity index (χ0) is 20.1. The number of likely N-dealkylation sites (N-methyl/N-ethyl adjacent to an activating group) is 1. The first kappa shape index (κ1) is 21.1. The van der Waals surface area contributed by atoms with E-state index < -0.39 is 5.54 Å². The van der Waals surface area contributed by atoms with Gasteiger partial charge in [0.1, 0.15) is 5.54 Å². The molecule has 6 nitrogen and oxygen atoms in total. The number of rotatable bonds is 8. The Bertz CT molecular complexity index is 587. The van der Waals surface area contributed by atoms with Crippen LogP contribution in [0, 0.1) is 17.2 Å². The smallest absolute Gasteiger partial charge is 0.254 e. The van der Waals surface area contributed by atoms with Gasteiger partial charge in [-0.15, -0.1) is 0 Å². The van der Waals surface area contributed by atoms with E-state index in [1.807, 2.05) is 4.90 Å². The van der Waals surface area contributed by atoms with Crippen LogP contribution >= 0.6 is 0 Å². The molecule has 2 N–H and O–H groups in total. The molecule has 2 aliphatic heterocycles. The molecule has 3 rings (SSSR count). The number of amides is 2. The molecule has 0 unspecified atom stereocenters. The lowest BCUT2D eigenvalue weighted by Crippen LogP contribution is -2.49. The SMILES string of the molecule is CCCCC(=O)N1CC[C@@H](C[C@]2(CCC3CCCCC3)NC(=N)N(C)C2=O)C1. The molecule has 6 heteroatoms. The van der Waals surface area contributed by atoms with Crippen LogP contribution < -0.4 is 5.32 Å². The van der Waals surface area contributed by atoms with Crippen LogP contribution in [0.1, 0.15) is 84.0 Å². The van der Waals surface area contributed by atoms with E-state index in [1.165, 1.54) is 37.0 Å². The second-order valence-corrected chi connectivity index (χ2v) is 9.26. The van der Waals surface area contributed by atoms with E-state index in [-0.39, 0.29) is 17.8 Å². The second-order valence-electron chi connectivity index (χ2n) is 9.26. The van der Waals surface area contributed by atoms with Gasteiger partial charge in [-0.3, -0.25) is 19.9 Å². The van der Waals surface area contributed by atoms with Crippen LogP contribution in [0.5, 0.6) is 0 Å². The molecule has 2 saturated heterocycles. The third-order valence-corrected chi connectivity index (χ3v) is 7.13. The number of nitrogens with zero attached hydrogens (tertiary/aromatic N) is 2. The number of likely N-dealkylation sites (tertiary alicyclic amines) is 1. The minimum Gasteiger partial charge on any atom is -0.342 e. The number of guanidine groups is 1. The van der Waals surface area contributed by atoms with Crippen molar-refractivity contribution < 1.29 is 9.59 Å². The monoisotopic (exact) mass is 390 g/mol. The van der Waals surface area contributed by atoms with Crippen molar-refractivity contribution >= 4 is 17.8 Å². The molecule has 3 aliphatic rings. The van der Waals surface area contributed by atoms with Crippen LogP contribution in [-0.4, -0.2) is 53.2 Å². The van der Waals surface area contributed by atoms with Crippen molar-refractivity contribution in [2.75, 3.05) is 20.1 Å². The molecule has 0 aromatic heterocycles. The van der Waals surface area contributed by atoms with Crippen molar-refractivity contribution in [3.05, 3.63) is 0 Å². The number of hydrogen-bond donors (Lipinski definition) is 2. The summed E-state index contributed by atoms with van der Waals surface area (Å²) >= 11 is 0. The maximum absolute atomic E-state index is 13.1. The molecule has 1 saturated carbocycles. The number of unbranched alkanes of at least 4 members (excludes halogenated alkanes) is 1. The maximum atomic E-state index is 13.1. The fourth-order valence-corrected chi connectivity index (χ4v) is 5.33. The van der Waals surface area contributed by atoms with E-state index in [9.17, 15) is 9.59 Å². The molecule has 0 aromatic rings. The summed E-state index contributed by atoms with van der Waals surface area (Å²) in [6.07, 6.45) is 12.7. The van der Waals surface area contributed by atoms with E-state index in [4.69, 9.17) is 5.41 Å². The highest BCUT2D eigenvalue weighted by Crippen LogP contribution is 2.36. The van der Waals surface area contributed by atoms with Crippen LogP contribution in [0.2, 0.25) is 0 Å². The first-order chi connectivity index (χ1) is 13.4. The molecular formula is C22H38N4O2. The second kappa shape index (κ2) is 9.27. The van der Waals surface area contributed by atoms with Crippen molar-refractivity contribution in [1.82, 2.24) is 15.1 Å². The van der Waals surface area contributed by atoms with Gasteiger partial charge in [0, 0.05) is 26.6 Å². The number of carbonyl (C=O) groups excluding carboxylic acids is 2. The highest BCUT2D eigenvalue weighted by atomic mass is 16.2. The van der Waals surface area contributed by atoms with Crippen LogP contribution in [0.3, 0.4) is 0 Å². The Balaban J connectivity index is 1.62. The zero-order valence-electron chi connectivity index (χ0n) is 17.8. The van der Waals surface area contributed by atoms with Gasteiger partial charge in [-0.25, -0.2) is 0 Å². The highest BCUT2D eigenvalue weighted by Gasteiger charge is 2.49. The van der Waals surface area contributed by atoms with E-state index in [1.54, 1.807) is 7.05 Å². The van der Waals surface area contributed by atoms with Crippen molar-refractivity contribution in [2.24, 2.45) is 11.8 Å². The highest BCUT2D eigenvalue weighted by molar-refractivity contribution is 6.07. The molecule has 3 fully saturated rings. The van der Waals surface area contributed by atoms with Crippen LogP contribution in [0.4, 0.5) is 0 Å². The van der Waals surface area contributed by atoms with Gasteiger partial charge in [0.25, 0.3) is 5.91 Å². The molecule has 0 bridgehead atoms. The van der Waals surface area contributed by atoms with E-state index in [0.717, 1.165) is 57.5 Å². The molecule has 28 heavy (non-hydrogen) atoms. The predicted molar refractivity (Wildman–Crippen MR) is 111 cm³/mol. The van der Waals surface area contributed by atoms with E-state index in [2.05, 4.69) is 12.2 Å².